The average Bonchev–Trinajstić information content (AvgIpc) is 2.48. The average molecular weight is 209 g/mol. The number of hydrogen-bond acceptors (Lipinski definition) is 5. The molecule has 2 aromatic heterocycles. The molecule has 72 valence electrons. The van der Waals surface area contributed by atoms with Crippen molar-refractivity contribution in [3.05, 3.63) is 28.5 Å². The molecule has 0 spiro atoms. The molecule has 0 aromatic carbocycles. The normalized spacial score (nSPS) is 10.6. The number of rotatable bonds is 1. The van der Waals surface area contributed by atoms with E-state index in [0.29, 0.717) is 15.9 Å². The summed E-state index contributed by atoms with van der Waals surface area (Å²) < 4.78 is 4.00. The molecular formula is C8H7N3O2S. The van der Waals surface area contributed by atoms with Gasteiger partial charge in [0, 0.05) is 0 Å². The minimum absolute atomic E-state index is 0.0890. The van der Waals surface area contributed by atoms with E-state index in [9.17, 15) is 4.79 Å². The highest BCUT2D eigenvalue weighted by molar-refractivity contribution is 7.12. The van der Waals surface area contributed by atoms with Gasteiger partial charge in [0.1, 0.15) is 0 Å². The van der Waals surface area contributed by atoms with E-state index in [-0.39, 0.29) is 17.1 Å². The number of aliphatic hydroxyl groups is 1. The molecule has 2 rings (SSSR count). The molecule has 0 unspecified atom stereocenters. The van der Waals surface area contributed by atoms with Crippen molar-refractivity contribution >= 4 is 27.5 Å². The van der Waals surface area contributed by atoms with Gasteiger partial charge in [-0.15, -0.1) is 0 Å². The number of fused-ring (bicyclic) bond motifs is 1. The largest absolute Gasteiger partial charge is 0.505 e. The van der Waals surface area contributed by atoms with Crippen molar-refractivity contribution in [1.82, 2.24) is 14.3 Å². The van der Waals surface area contributed by atoms with Gasteiger partial charge in [0.15, 0.2) is 16.4 Å². The van der Waals surface area contributed by atoms with Gasteiger partial charge >= 0.3 is 0 Å². The third kappa shape index (κ3) is 1.20. The Bertz CT molecular complexity index is 569. The van der Waals surface area contributed by atoms with Crippen LogP contribution in [0.3, 0.4) is 0 Å². The zero-order chi connectivity index (χ0) is 10.3. The first kappa shape index (κ1) is 8.89. The minimum Gasteiger partial charge on any atom is -0.505 e. The molecule has 2 heterocycles. The number of hydrogen-bond donors (Lipinski definition) is 2. The lowest BCUT2D eigenvalue weighted by molar-refractivity contribution is 0.507. The van der Waals surface area contributed by atoms with E-state index in [4.69, 9.17) is 5.11 Å². The molecule has 5 nitrogen and oxygen atoms in total. The number of nitrogens with zero attached hydrogens (tertiary/aromatic N) is 2. The second-order valence-corrected chi connectivity index (χ2v) is 3.56. The third-order valence-corrected chi connectivity index (χ3v) is 2.62. The molecule has 0 saturated heterocycles. The highest BCUT2D eigenvalue weighted by Gasteiger charge is 2.10. The molecular weight excluding hydrogens is 202 g/mol. The van der Waals surface area contributed by atoms with Gasteiger partial charge < -0.3 is 10.1 Å². The smallest absolute Gasteiger partial charge is 0.261 e. The Kier molecular flexibility index (Phi) is 1.85. The van der Waals surface area contributed by atoms with E-state index in [1.807, 2.05) is 0 Å². The molecule has 2 N–H and O–H groups in total. The van der Waals surface area contributed by atoms with Gasteiger partial charge in [0.05, 0.1) is 11.1 Å². The molecule has 0 atom stereocenters. The molecule has 0 aliphatic heterocycles. The Labute approximate surface area is 82.9 Å². The van der Waals surface area contributed by atoms with Crippen molar-refractivity contribution in [2.24, 2.45) is 0 Å². The van der Waals surface area contributed by atoms with Gasteiger partial charge in [-0.1, -0.05) is 6.58 Å². The van der Waals surface area contributed by atoms with Crippen molar-refractivity contribution in [3.8, 4) is 0 Å². The van der Waals surface area contributed by atoms with Crippen molar-refractivity contribution < 1.29 is 5.11 Å². The molecule has 0 saturated carbocycles. The van der Waals surface area contributed by atoms with Crippen LogP contribution in [0.5, 0.6) is 0 Å². The second-order valence-electron chi connectivity index (χ2n) is 2.81. The fraction of sp³-hybridized carbons (Fsp3) is 0.125. The second kappa shape index (κ2) is 2.91. The van der Waals surface area contributed by atoms with Gasteiger partial charge in [-0.05, 0) is 18.5 Å². The third-order valence-electron chi connectivity index (χ3n) is 1.79. The highest BCUT2D eigenvalue weighted by Crippen LogP contribution is 2.16. The van der Waals surface area contributed by atoms with E-state index in [0.717, 1.165) is 11.5 Å². The van der Waals surface area contributed by atoms with Crippen molar-refractivity contribution in [2.45, 2.75) is 6.92 Å². The number of aromatic nitrogens is 3. The van der Waals surface area contributed by atoms with Gasteiger partial charge in [-0.2, -0.15) is 4.37 Å². The predicted octanol–water partition coefficient (Wildman–Crippen LogP) is 1.22. The first-order valence-electron chi connectivity index (χ1n) is 3.84. The van der Waals surface area contributed by atoms with Crippen LogP contribution in [-0.2, 0) is 0 Å². The lowest BCUT2D eigenvalue weighted by Crippen LogP contribution is -2.10. The van der Waals surface area contributed by atoms with Crippen LogP contribution in [0.2, 0.25) is 0 Å². The summed E-state index contributed by atoms with van der Waals surface area (Å²) in [4.78, 5) is 18.4. The summed E-state index contributed by atoms with van der Waals surface area (Å²) in [6.45, 7) is 5.03. The van der Waals surface area contributed by atoms with Gasteiger partial charge in [0.25, 0.3) is 5.56 Å². The van der Waals surface area contributed by atoms with Crippen LogP contribution in [-0.4, -0.2) is 19.4 Å². The fourth-order valence-corrected chi connectivity index (χ4v) is 1.91. The van der Waals surface area contributed by atoms with Crippen LogP contribution in [0, 0.1) is 6.92 Å². The van der Waals surface area contributed by atoms with Crippen LogP contribution >= 0.6 is 11.5 Å². The molecule has 0 aliphatic carbocycles. The Morgan fingerprint density at radius 3 is 3.00 bits per heavy atom. The molecule has 0 aliphatic rings. The van der Waals surface area contributed by atoms with Crippen molar-refractivity contribution in [1.29, 1.82) is 0 Å². The summed E-state index contributed by atoms with van der Waals surface area (Å²) in [5.41, 5.74) is 0.348. The highest BCUT2D eigenvalue weighted by atomic mass is 32.1. The maximum absolute atomic E-state index is 11.5. The molecule has 2 aromatic rings. The predicted molar refractivity (Wildman–Crippen MR) is 54.4 cm³/mol. The molecule has 0 bridgehead atoms. The standard InChI is InChI=1S/C8H7N3O2S/c1-3-5-7(13)9-6(4(2)12)10-8(5)14-11-3/h12H,2H2,1H3,(H,9,10,13). The number of aromatic amines is 1. The topological polar surface area (TPSA) is 78.9 Å². The van der Waals surface area contributed by atoms with Crippen LogP contribution < -0.4 is 5.56 Å². The maximum atomic E-state index is 11.5. The Hall–Kier alpha value is -1.69. The van der Waals surface area contributed by atoms with Gasteiger partial charge in [0.2, 0.25) is 0 Å². The van der Waals surface area contributed by atoms with Gasteiger partial charge in [-0.3, -0.25) is 4.79 Å². The number of H-pyrrole nitrogens is 1. The Morgan fingerprint density at radius 2 is 2.36 bits per heavy atom. The number of aryl methyl sites for hydroxylation is 1. The zero-order valence-electron chi connectivity index (χ0n) is 7.37. The summed E-state index contributed by atoms with van der Waals surface area (Å²) in [5.74, 6) is -0.166. The maximum Gasteiger partial charge on any atom is 0.261 e. The first-order valence-corrected chi connectivity index (χ1v) is 4.61. The summed E-state index contributed by atoms with van der Waals surface area (Å²) in [5, 5.41) is 9.54. The van der Waals surface area contributed by atoms with Crippen LogP contribution in [0.1, 0.15) is 11.5 Å². The fourth-order valence-electron chi connectivity index (χ4n) is 1.13. The minimum atomic E-state index is -0.300. The SMILES string of the molecule is C=C(O)c1nc2snc(C)c2c(=O)[nH]1. The lowest BCUT2D eigenvalue weighted by atomic mass is 10.3. The van der Waals surface area contributed by atoms with E-state index in [2.05, 4.69) is 20.9 Å². The summed E-state index contributed by atoms with van der Waals surface area (Å²) in [7, 11) is 0. The Morgan fingerprint density at radius 1 is 1.64 bits per heavy atom. The molecule has 6 heteroatoms. The zero-order valence-corrected chi connectivity index (χ0v) is 8.18. The summed E-state index contributed by atoms with van der Waals surface area (Å²) in [6, 6.07) is 0. The van der Waals surface area contributed by atoms with Crippen LogP contribution in [0.15, 0.2) is 11.4 Å². The molecule has 14 heavy (non-hydrogen) atoms. The summed E-state index contributed by atoms with van der Waals surface area (Å²) in [6.07, 6.45) is 0. The van der Waals surface area contributed by atoms with Gasteiger partial charge in [-0.25, -0.2) is 4.98 Å². The van der Waals surface area contributed by atoms with E-state index < -0.39 is 0 Å². The van der Waals surface area contributed by atoms with Crippen LogP contribution in [0.25, 0.3) is 16.0 Å². The van der Waals surface area contributed by atoms with E-state index >= 15 is 0 Å². The number of nitrogens with one attached hydrogen (secondary N) is 1. The first-order chi connectivity index (χ1) is 6.59. The Balaban J connectivity index is 2.87. The molecule has 0 amide bonds. The van der Waals surface area contributed by atoms with Crippen LogP contribution in [0.4, 0.5) is 0 Å². The number of aliphatic hydroxyl groups excluding tert-OH is 1. The molecule has 0 radical (unpaired) electrons. The lowest BCUT2D eigenvalue weighted by Gasteiger charge is -1.96. The van der Waals surface area contributed by atoms with E-state index in [1.165, 1.54) is 0 Å². The van der Waals surface area contributed by atoms with Crippen molar-refractivity contribution in [3.63, 3.8) is 0 Å². The quantitative estimate of drug-likeness (QED) is 0.692. The summed E-state index contributed by atoms with van der Waals surface area (Å²) >= 11 is 1.13. The van der Waals surface area contributed by atoms with Crippen molar-refractivity contribution in [2.75, 3.05) is 0 Å². The van der Waals surface area contributed by atoms with E-state index in [1.54, 1.807) is 6.92 Å². The molecule has 0 fully saturated rings. The monoisotopic (exact) mass is 209 g/mol.